The van der Waals surface area contributed by atoms with Crippen LogP contribution in [-0.2, 0) is 20.7 Å². The Morgan fingerprint density at radius 1 is 1.22 bits per heavy atom. The largest absolute Gasteiger partial charge is 0.435 e. The van der Waals surface area contributed by atoms with Crippen LogP contribution in [0.15, 0.2) is 33.5 Å². The number of nitrogens with two attached hydrogens (primary N) is 1. The summed E-state index contributed by atoms with van der Waals surface area (Å²) in [6.45, 7) is 0.396. The van der Waals surface area contributed by atoms with Gasteiger partial charge in [-0.1, -0.05) is 6.07 Å². The molecule has 0 spiro atoms. The van der Waals surface area contributed by atoms with Crippen molar-refractivity contribution in [2.45, 2.75) is 43.2 Å². The smallest absolute Gasteiger partial charge is 0.354 e. The molecule has 9 nitrogen and oxygen atoms in total. The number of hydrogen-bond acceptors (Lipinski definition) is 7. The molecule has 1 aromatic heterocycles. The van der Waals surface area contributed by atoms with Gasteiger partial charge >= 0.3 is 6.18 Å². The minimum Gasteiger partial charge on any atom is -0.354 e. The third-order valence-corrected chi connectivity index (χ3v) is 7.37. The van der Waals surface area contributed by atoms with Crippen molar-refractivity contribution in [3.05, 3.63) is 41.1 Å². The quantitative estimate of drug-likeness (QED) is 0.546. The summed E-state index contributed by atoms with van der Waals surface area (Å²) in [6, 6.07) is 5.46. The Hall–Kier alpha value is -3.20. The summed E-state index contributed by atoms with van der Waals surface area (Å²) >= 11 is 0. The summed E-state index contributed by atoms with van der Waals surface area (Å²) in [6.07, 6.45) is -4.65. The number of carbonyl (C=O) groups excluding carboxylic acids is 2. The molecule has 1 aromatic carbocycles. The first kappa shape index (κ1) is 28.4. The van der Waals surface area contributed by atoms with Gasteiger partial charge in [0.2, 0.25) is 5.92 Å². The van der Waals surface area contributed by atoms with Crippen LogP contribution in [0.25, 0.3) is 0 Å². The van der Waals surface area contributed by atoms with E-state index in [1.54, 1.807) is 0 Å². The fraction of sp³-hybridized carbons (Fsp3) is 0.455. The number of nitrogens with one attached hydrogen (secondary N) is 1. The zero-order valence-corrected chi connectivity index (χ0v) is 20.8. The average Bonchev–Trinajstić information content (AvgIpc) is 2.98. The number of alkyl halides is 5. The van der Waals surface area contributed by atoms with Crippen molar-refractivity contribution in [2.24, 2.45) is 10.1 Å². The lowest BCUT2D eigenvalue weighted by Gasteiger charge is -2.25. The van der Waals surface area contributed by atoms with Gasteiger partial charge < -0.3 is 16.0 Å². The zero-order chi connectivity index (χ0) is 27.6. The second-order valence-corrected chi connectivity index (χ2v) is 10.8. The van der Waals surface area contributed by atoms with Gasteiger partial charge in [-0.2, -0.15) is 17.5 Å². The number of benzene rings is 1. The summed E-state index contributed by atoms with van der Waals surface area (Å²) in [5, 5.41) is 9.31. The molecule has 3 rings (SSSR count). The number of anilines is 2. The summed E-state index contributed by atoms with van der Waals surface area (Å²) < 4.78 is 84.8. The van der Waals surface area contributed by atoms with E-state index in [1.807, 2.05) is 0 Å². The number of amides is 2. The van der Waals surface area contributed by atoms with Crippen LogP contribution in [0, 0.1) is 6.92 Å². The minimum atomic E-state index is -4.92. The highest BCUT2D eigenvalue weighted by Crippen LogP contribution is 2.36. The second-order valence-electron chi connectivity index (χ2n) is 8.54. The number of nitrogens with zero attached hydrogens (tertiary/aromatic N) is 4. The van der Waals surface area contributed by atoms with Gasteiger partial charge in [-0.15, -0.1) is 10.2 Å². The molecule has 2 heterocycles. The van der Waals surface area contributed by atoms with Gasteiger partial charge in [-0.3, -0.25) is 9.59 Å². The molecule has 0 radical (unpaired) electrons. The lowest BCUT2D eigenvalue weighted by molar-refractivity contribution is -0.142. The van der Waals surface area contributed by atoms with E-state index in [1.165, 1.54) is 35.4 Å². The Labute approximate surface area is 209 Å². The minimum absolute atomic E-state index is 0.0355. The van der Waals surface area contributed by atoms with Crippen LogP contribution in [0.2, 0.25) is 0 Å². The maximum atomic E-state index is 13.9. The van der Waals surface area contributed by atoms with Crippen LogP contribution in [0.4, 0.5) is 33.5 Å². The Morgan fingerprint density at radius 2 is 1.92 bits per heavy atom. The molecule has 0 aliphatic carbocycles. The van der Waals surface area contributed by atoms with Crippen LogP contribution in [0.5, 0.6) is 0 Å². The van der Waals surface area contributed by atoms with E-state index < -0.39 is 69.8 Å². The van der Waals surface area contributed by atoms with Crippen LogP contribution >= 0.6 is 0 Å². The summed E-state index contributed by atoms with van der Waals surface area (Å²) in [7, 11) is -3.23. The first-order valence-corrected chi connectivity index (χ1v) is 13.0. The van der Waals surface area contributed by atoms with Crippen molar-refractivity contribution in [1.82, 2.24) is 10.2 Å². The van der Waals surface area contributed by atoms with Crippen molar-refractivity contribution in [3.63, 3.8) is 0 Å². The molecule has 2 amide bonds. The first-order chi connectivity index (χ1) is 17.1. The van der Waals surface area contributed by atoms with Crippen LogP contribution < -0.4 is 16.0 Å². The van der Waals surface area contributed by atoms with E-state index in [0.29, 0.717) is 0 Å². The van der Waals surface area contributed by atoms with E-state index in [4.69, 9.17) is 5.73 Å². The van der Waals surface area contributed by atoms with Crippen molar-refractivity contribution in [2.75, 3.05) is 36.1 Å². The Morgan fingerprint density at radius 3 is 2.57 bits per heavy atom. The van der Waals surface area contributed by atoms with Gasteiger partial charge in [0, 0.05) is 42.8 Å². The van der Waals surface area contributed by atoms with Gasteiger partial charge in [0.15, 0.2) is 11.5 Å². The molecule has 1 saturated heterocycles. The molecule has 1 atom stereocenters. The topological polar surface area (TPSA) is 131 Å². The van der Waals surface area contributed by atoms with E-state index in [2.05, 4.69) is 19.9 Å². The molecule has 1 aliphatic heterocycles. The van der Waals surface area contributed by atoms with Crippen molar-refractivity contribution in [1.29, 1.82) is 0 Å². The van der Waals surface area contributed by atoms with E-state index in [0.717, 1.165) is 6.92 Å². The maximum Gasteiger partial charge on any atom is 0.435 e. The summed E-state index contributed by atoms with van der Waals surface area (Å²) in [5.41, 5.74) is 2.88. The number of hydrogen-bond donors (Lipinski definition) is 2. The van der Waals surface area contributed by atoms with Crippen molar-refractivity contribution in [3.8, 4) is 0 Å². The molecule has 3 N–H and O–H groups in total. The van der Waals surface area contributed by atoms with Crippen molar-refractivity contribution >= 4 is 33.0 Å². The summed E-state index contributed by atoms with van der Waals surface area (Å²) in [4.78, 5) is 26.2. The molecule has 2 aromatic rings. The third kappa shape index (κ3) is 6.77. The number of halogens is 5. The molecule has 1 fully saturated rings. The van der Waals surface area contributed by atoms with Gasteiger partial charge in [0.25, 0.3) is 11.8 Å². The maximum absolute atomic E-state index is 13.9. The van der Waals surface area contributed by atoms with Gasteiger partial charge in [0.05, 0.1) is 21.8 Å². The van der Waals surface area contributed by atoms with E-state index >= 15 is 0 Å². The monoisotopic (exact) mass is 548 g/mol. The lowest BCUT2D eigenvalue weighted by Crippen LogP contribution is -2.31. The SMILES string of the molecule is Cc1c(C(F)(F)F)nnc(N2CCCC(F)(F)CC2)c1C(=O)Nc1cccc([S@@](C)(=O)=NC(=O)CN)c1. The average molecular weight is 549 g/mol. The van der Waals surface area contributed by atoms with E-state index in [-0.39, 0.29) is 35.9 Å². The highest BCUT2D eigenvalue weighted by molar-refractivity contribution is 7.93. The van der Waals surface area contributed by atoms with Gasteiger partial charge in [-0.05, 0) is 37.1 Å². The predicted molar refractivity (Wildman–Crippen MR) is 126 cm³/mol. The molecule has 202 valence electrons. The predicted octanol–water partition coefficient (Wildman–Crippen LogP) is 3.62. The van der Waals surface area contributed by atoms with Crippen LogP contribution in [0.1, 0.15) is 40.9 Å². The molecule has 37 heavy (non-hydrogen) atoms. The van der Waals surface area contributed by atoms with Crippen molar-refractivity contribution < 1.29 is 35.8 Å². The van der Waals surface area contributed by atoms with E-state index in [9.17, 15) is 35.8 Å². The Balaban J connectivity index is 2.04. The number of carbonyl (C=O) groups is 2. The highest BCUT2D eigenvalue weighted by Gasteiger charge is 2.39. The second kappa shape index (κ2) is 10.7. The Bertz CT molecular complexity index is 1320. The van der Waals surface area contributed by atoms with Crippen LogP contribution in [0.3, 0.4) is 0 Å². The highest BCUT2D eigenvalue weighted by atomic mass is 32.2. The Kier molecular flexibility index (Phi) is 8.17. The fourth-order valence-corrected chi connectivity index (χ4v) is 5.08. The molecule has 15 heteroatoms. The number of aromatic nitrogens is 2. The van der Waals surface area contributed by atoms with Crippen LogP contribution in [-0.4, -0.2) is 58.0 Å². The van der Waals surface area contributed by atoms with Gasteiger partial charge in [0.1, 0.15) is 0 Å². The lowest BCUT2D eigenvalue weighted by atomic mass is 10.1. The standard InChI is InChI=1S/C22H25F5N6O3S/c1-13-17(20(35)29-14-5-3-6-15(11-14)37(2,36)32-16(34)12-28)19(31-30-18(13)22(25,26)27)33-9-4-7-21(23,24)8-10-33/h3,5-6,11H,4,7-10,12,28H2,1-2H3,(H,29,35)/t37-/m1/s1. The fourth-order valence-electron chi connectivity index (χ4n) is 3.83. The number of rotatable bonds is 5. The molecule has 0 bridgehead atoms. The van der Waals surface area contributed by atoms with Gasteiger partial charge in [-0.25, -0.2) is 13.0 Å². The first-order valence-electron chi connectivity index (χ1n) is 11.1. The normalized spacial score (nSPS) is 17.5. The molecular weight excluding hydrogens is 523 g/mol. The summed E-state index contributed by atoms with van der Waals surface area (Å²) in [5.74, 6) is -5.00. The third-order valence-electron chi connectivity index (χ3n) is 5.69. The molecular formula is C22H25F5N6O3S. The molecule has 0 saturated carbocycles. The molecule has 0 unspecified atom stereocenters. The zero-order valence-electron chi connectivity index (χ0n) is 19.9. The molecule has 1 aliphatic rings.